The summed E-state index contributed by atoms with van der Waals surface area (Å²) < 4.78 is 0. The van der Waals surface area contributed by atoms with E-state index in [2.05, 4.69) is 10.6 Å². The summed E-state index contributed by atoms with van der Waals surface area (Å²) in [6, 6.07) is 4.62. The average molecular weight is 303 g/mol. The maximum Gasteiger partial charge on any atom is 0.313 e. The van der Waals surface area contributed by atoms with Gasteiger partial charge in [-0.25, -0.2) is 0 Å². The van der Waals surface area contributed by atoms with Crippen molar-refractivity contribution in [2.24, 2.45) is 5.92 Å². The number of hydrogen-bond donors (Lipinski definition) is 2. The lowest BCUT2D eigenvalue weighted by atomic mass is 10.1. The van der Waals surface area contributed by atoms with E-state index < -0.39 is 11.8 Å². The van der Waals surface area contributed by atoms with E-state index in [0.29, 0.717) is 28.2 Å². The Morgan fingerprint density at radius 3 is 2.42 bits per heavy atom. The van der Waals surface area contributed by atoms with Gasteiger partial charge in [-0.05, 0) is 30.5 Å². The molecular formula is C13H16Cl2N2O2. The van der Waals surface area contributed by atoms with Crippen LogP contribution < -0.4 is 10.6 Å². The minimum atomic E-state index is -0.720. The number of halogens is 2. The van der Waals surface area contributed by atoms with Crippen LogP contribution in [0.3, 0.4) is 0 Å². The normalized spacial score (nSPS) is 10.4. The molecule has 2 N–H and O–H groups in total. The average Bonchev–Trinajstić information content (AvgIpc) is 2.33. The van der Waals surface area contributed by atoms with Gasteiger partial charge in [0.15, 0.2) is 0 Å². The van der Waals surface area contributed by atoms with E-state index >= 15 is 0 Å². The van der Waals surface area contributed by atoms with E-state index in [1.54, 1.807) is 12.1 Å². The number of amides is 2. The third kappa shape index (κ3) is 5.49. The molecule has 0 aliphatic heterocycles. The maximum absolute atomic E-state index is 11.6. The minimum absolute atomic E-state index is 0.319. The predicted molar refractivity (Wildman–Crippen MR) is 77.6 cm³/mol. The molecule has 104 valence electrons. The Morgan fingerprint density at radius 2 is 1.84 bits per heavy atom. The zero-order valence-corrected chi connectivity index (χ0v) is 12.3. The van der Waals surface area contributed by atoms with Crippen LogP contribution in [0.4, 0.5) is 5.69 Å². The summed E-state index contributed by atoms with van der Waals surface area (Å²) in [5, 5.41) is 5.71. The highest BCUT2D eigenvalue weighted by molar-refractivity contribution is 6.42. The second kappa shape index (κ2) is 7.36. The molecule has 0 radical (unpaired) electrons. The van der Waals surface area contributed by atoms with Gasteiger partial charge in [-0.15, -0.1) is 0 Å². The molecule has 1 aromatic rings. The Balaban J connectivity index is 2.49. The van der Waals surface area contributed by atoms with Crippen LogP contribution in [0.15, 0.2) is 18.2 Å². The Morgan fingerprint density at radius 1 is 1.16 bits per heavy atom. The Labute approximate surface area is 122 Å². The molecule has 1 rings (SSSR count). The van der Waals surface area contributed by atoms with Crippen molar-refractivity contribution in [3.05, 3.63) is 28.2 Å². The van der Waals surface area contributed by atoms with Gasteiger partial charge in [-0.2, -0.15) is 0 Å². The Hall–Kier alpha value is -1.26. The number of hydrogen-bond acceptors (Lipinski definition) is 2. The molecule has 0 bridgehead atoms. The van der Waals surface area contributed by atoms with Gasteiger partial charge in [-0.3, -0.25) is 9.59 Å². The highest BCUT2D eigenvalue weighted by Gasteiger charge is 2.13. The monoisotopic (exact) mass is 302 g/mol. The maximum atomic E-state index is 11.6. The van der Waals surface area contributed by atoms with E-state index in [9.17, 15) is 9.59 Å². The fourth-order valence-corrected chi connectivity index (χ4v) is 1.61. The molecule has 2 amide bonds. The van der Waals surface area contributed by atoms with Crippen LogP contribution in [0.1, 0.15) is 20.3 Å². The van der Waals surface area contributed by atoms with Crippen molar-refractivity contribution in [2.45, 2.75) is 20.3 Å². The van der Waals surface area contributed by atoms with Crippen molar-refractivity contribution in [1.29, 1.82) is 0 Å². The van der Waals surface area contributed by atoms with E-state index in [1.165, 1.54) is 6.07 Å². The highest BCUT2D eigenvalue weighted by atomic mass is 35.5. The third-order valence-electron chi connectivity index (χ3n) is 2.39. The van der Waals surface area contributed by atoms with Crippen LogP contribution in [0.2, 0.25) is 10.0 Å². The lowest BCUT2D eigenvalue weighted by Crippen LogP contribution is -2.36. The highest BCUT2D eigenvalue weighted by Crippen LogP contribution is 2.24. The summed E-state index contributed by atoms with van der Waals surface area (Å²) in [6.07, 6.45) is 0.825. The number of rotatable bonds is 4. The number of benzene rings is 1. The largest absolute Gasteiger partial charge is 0.348 e. The molecule has 0 fully saturated rings. The molecule has 19 heavy (non-hydrogen) atoms. The van der Waals surface area contributed by atoms with Crippen molar-refractivity contribution in [3.63, 3.8) is 0 Å². The first-order valence-electron chi connectivity index (χ1n) is 5.94. The topological polar surface area (TPSA) is 58.2 Å². The SMILES string of the molecule is CC(C)CCNC(=O)C(=O)Nc1ccc(Cl)c(Cl)c1. The van der Waals surface area contributed by atoms with Crippen molar-refractivity contribution >= 4 is 40.7 Å². The first-order valence-corrected chi connectivity index (χ1v) is 6.70. The van der Waals surface area contributed by atoms with E-state index in [0.717, 1.165) is 6.42 Å². The molecule has 0 saturated heterocycles. The van der Waals surface area contributed by atoms with Crippen LogP contribution in [0, 0.1) is 5.92 Å². The van der Waals surface area contributed by atoms with Crippen LogP contribution in [0.25, 0.3) is 0 Å². The van der Waals surface area contributed by atoms with Crippen molar-refractivity contribution < 1.29 is 9.59 Å². The number of anilines is 1. The number of nitrogens with one attached hydrogen (secondary N) is 2. The summed E-state index contributed by atoms with van der Waals surface area (Å²) in [5.74, 6) is -0.910. The van der Waals surface area contributed by atoms with E-state index in [4.69, 9.17) is 23.2 Å². The fourth-order valence-electron chi connectivity index (χ4n) is 1.32. The van der Waals surface area contributed by atoms with Crippen LogP contribution in [0.5, 0.6) is 0 Å². The predicted octanol–water partition coefficient (Wildman–Crippen LogP) is 3.09. The van der Waals surface area contributed by atoms with Crippen LogP contribution in [-0.2, 0) is 9.59 Å². The summed E-state index contributed by atoms with van der Waals surface area (Å²) >= 11 is 11.6. The van der Waals surface area contributed by atoms with Gasteiger partial charge in [0, 0.05) is 12.2 Å². The van der Waals surface area contributed by atoms with Crippen molar-refractivity contribution in [2.75, 3.05) is 11.9 Å². The summed E-state index contributed by atoms with van der Waals surface area (Å²) in [4.78, 5) is 23.1. The first kappa shape index (κ1) is 15.8. The van der Waals surface area contributed by atoms with Gasteiger partial charge in [0.05, 0.1) is 10.0 Å². The van der Waals surface area contributed by atoms with Gasteiger partial charge >= 0.3 is 11.8 Å². The second-order valence-electron chi connectivity index (χ2n) is 4.52. The van der Waals surface area contributed by atoms with Crippen molar-refractivity contribution in [3.8, 4) is 0 Å². The third-order valence-corrected chi connectivity index (χ3v) is 3.13. The Kier molecular flexibility index (Phi) is 6.12. The zero-order chi connectivity index (χ0) is 14.4. The quantitative estimate of drug-likeness (QED) is 0.840. The van der Waals surface area contributed by atoms with Crippen molar-refractivity contribution in [1.82, 2.24) is 5.32 Å². The van der Waals surface area contributed by atoms with Crippen LogP contribution in [-0.4, -0.2) is 18.4 Å². The van der Waals surface area contributed by atoms with Gasteiger partial charge in [-0.1, -0.05) is 37.0 Å². The van der Waals surface area contributed by atoms with Gasteiger partial charge < -0.3 is 10.6 Å². The molecule has 0 aliphatic carbocycles. The van der Waals surface area contributed by atoms with E-state index in [1.807, 2.05) is 13.8 Å². The lowest BCUT2D eigenvalue weighted by molar-refractivity contribution is -0.136. The molecule has 0 aromatic heterocycles. The molecular weight excluding hydrogens is 287 g/mol. The standard InChI is InChI=1S/C13H16Cl2N2O2/c1-8(2)5-6-16-12(18)13(19)17-9-3-4-10(14)11(15)7-9/h3-4,7-8H,5-6H2,1-2H3,(H,16,18)(H,17,19). The molecule has 4 nitrogen and oxygen atoms in total. The molecule has 1 aromatic carbocycles. The number of carbonyl (C=O) groups excluding carboxylic acids is 2. The molecule has 0 atom stereocenters. The lowest BCUT2D eigenvalue weighted by Gasteiger charge is -2.08. The molecule has 0 heterocycles. The summed E-state index contributed by atoms with van der Waals surface area (Å²) in [7, 11) is 0. The fraction of sp³-hybridized carbons (Fsp3) is 0.385. The Bertz CT molecular complexity index is 476. The second-order valence-corrected chi connectivity index (χ2v) is 5.34. The zero-order valence-electron chi connectivity index (χ0n) is 10.8. The summed E-state index contributed by atoms with van der Waals surface area (Å²) in [6.45, 7) is 4.56. The number of carbonyl (C=O) groups is 2. The van der Waals surface area contributed by atoms with Gasteiger partial charge in [0.2, 0.25) is 0 Å². The molecule has 0 aliphatic rings. The summed E-state index contributed by atoms with van der Waals surface area (Å²) in [5.41, 5.74) is 0.429. The minimum Gasteiger partial charge on any atom is -0.348 e. The molecule has 0 spiro atoms. The van der Waals surface area contributed by atoms with Gasteiger partial charge in [0.25, 0.3) is 0 Å². The first-order chi connectivity index (χ1) is 8.90. The molecule has 0 unspecified atom stereocenters. The smallest absolute Gasteiger partial charge is 0.313 e. The van der Waals surface area contributed by atoms with E-state index in [-0.39, 0.29) is 0 Å². The van der Waals surface area contributed by atoms with Crippen LogP contribution >= 0.6 is 23.2 Å². The molecule has 6 heteroatoms. The molecule has 0 saturated carbocycles. The van der Waals surface area contributed by atoms with Gasteiger partial charge in [0.1, 0.15) is 0 Å².